The van der Waals surface area contributed by atoms with Gasteiger partial charge in [0, 0.05) is 21.2 Å². The Bertz CT molecular complexity index is 1290. The molecule has 0 aliphatic rings. The monoisotopic (exact) mass is 514 g/mol. The summed E-state index contributed by atoms with van der Waals surface area (Å²) in [5.74, 6) is -0.643. The Hall–Kier alpha value is -4.26. The molecule has 0 saturated heterocycles. The zero-order valence-corrected chi connectivity index (χ0v) is 20.4. The summed E-state index contributed by atoms with van der Waals surface area (Å²) in [5, 5.41) is 9.22. The number of amides is 2. The lowest BCUT2D eigenvalue weighted by Gasteiger charge is -2.05. The van der Waals surface area contributed by atoms with Gasteiger partial charge in [0.05, 0.1) is 12.4 Å². The third kappa shape index (κ3) is 6.88. The minimum absolute atomic E-state index is 0.321. The molecule has 0 unspecified atom stereocenters. The standard InChI is InChI=1S/C28H20Cl2N4O2/c29-25-13-1-19(2-14-25)17-31-33-27(35)23-9-5-21(6-10-23)22-7-11-24(12-8-22)28(36)34-32-18-20-3-15-26(30)16-4-20/h1-18H,(H,33,35)(H,34,36)/b31-17+,32-18+. The van der Waals surface area contributed by atoms with E-state index in [1.807, 2.05) is 24.3 Å². The van der Waals surface area contributed by atoms with Crippen molar-refractivity contribution in [3.8, 4) is 11.1 Å². The number of carbonyl (C=O) groups excluding carboxylic acids is 2. The van der Waals surface area contributed by atoms with Crippen LogP contribution in [0.15, 0.2) is 107 Å². The Labute approximate surface area is 218 Å². The van der Waals surface area contributed by atoms with Crippen LogP contribution < -0.4 is 10.9 Å². The Morgan fingerprint density at radius 3 is 1.19 bits per heavy atom. The van der Waals surface area contributed by atoms with Crippen molar-refractivity contribution in [2.45, 2.75) is 0 Å². The van der Waals surface area contributed by atoms with Crippen molar-refractivity contribution in [1.29, 1.82) is 0 Å². The van der Waals surface area contributed by atoms with E-state index in [0.717, 1.165) is 22.3 Å². The summed E-state index contributed by atoms with van der Waals surface area (Å²) in [5.41, 5.74) is 9.41. The van der Waals surface area contributed by atoms with Crippen molar-refractivity contribution in [2.24, 2.45) is 10.2 Å². The highest BCUT2D eigenvalue weighted by molar-refractivity contribution is 6.30. The maximum atomic E-state index is 12.3. The van der Waals surface area contributed by atoms with E-state index < -0.39 is 0 Å². The van der Waals surface area contributed by atoms with Crippen molar-refractivity contribution in [3.05, 3.63) is 129 Å². The van der Waals surface area contributed by atoms with Crippen LogP contribution >= 0.6 is 23.2 Å². The van der Waals surface area contributed by atoms with Gasteiger partial charge in [-0.3, -0.25) is 9.59 Å². The molecule has 0 bridgehead atoms. The first kappa shape index (κ1) is 24.9. The molecule has 0 heterocycles. The number of nitrogens with zero attached hydrogens (tertiary/aromatic N) is 2. The van der Waals surface area contributed by atoms with E-state index in [0.29, 0.717) is 21.2 Å². The molecule has 0 radical (unpaired) electrons. The third-order valence-corrected chi connectivity index (χ3v) is 5.63. The second kappa shape index (κ2) is 11.9. The predicted octanol–water partition coefficient (Wildman–Crippen LogP) is 6.19. The molecule has 0 fully saturated rings. The van der Waals surface area contributed by atoms with E-state index in [2.05, 4.69) is 21.1 Å². The van der Waals surface area contributed by atoms with Gasteiger partial charge in [-0.2, -0.15) is 10.2 Å². The molecule has 0 aromatic heterocycles. The van der Waals surface area contributed by atoms with E-state index in [9.17, 15) is 9.59 Å². The summed E-state index contributed by atoms with van der Waals surface area (Å²) in [6.07, 6.45) is 3.09. The zero-order valence-electron chi connectivity index (χ0n) is 18.9. The number of halogens is 2. The molecule has 4 aromatic rings. The van der Waals surface area contributed by atoms with Crippen LogP contribution in [0.2, 0.25) is 10.0 Å². The molecule has 2 amide bonds. The van der Waals surface area contributed by atoms with Crippen LogP contribution in [0.4, 0.5) is 0 Å². The average Bonchev–Trinajstić information content (AvgIpc) is 2.91. The van der Waals surface area contributed by atoms with E-state index in [-0.39, 0.29) is 11.8 Å². The maximum absolute atomic E-state index is 12.3. The van der Waals surface area contributed by atoms with E-state index in [4.69, 9.17) is 23.2 Å². The quantitative estimate of drug-likeness (QED) is 0.227. The summed E-state index contributed by atoms with van der Waals surface area (Å²) in [6, 6.07) is 28.4. The van der Waals surface area contributed by atoms with Gasteiger partial charge in [-0.15, -0.1) is 0 Å². The molecule has 0 spiro atoms. The van der Waals surface area contributed by atoms with Gasteiger partial charge in [0.2, 0.25) is 0 Å². The van der Waals surface area contributed by atoms with Crippen LogP contribution in [0.5, 0.6) is 0 Å². The molecule has 0 aliphatic heterocycles. The Morgan fingerprint density at radius 2 is 0.861 bits per heavy atom. The summed E-state index contributed by atoms with van der Waals surface area (Å²) in [7, 11) is 0. The Kier molecular flexibility index (Phi) is 8.24. The lowest BCUT2D eigenvalue weighted by molar-refractivity contribution is 0.0947. The fourth-order valence-corrected chi connectivity index (χ4v) is 3.44. The van der Waals surface area contributed by atoms with Gasteiger partial charge in [-0.1, -0.05) is 71.7 Å². The molecule has 6 nitrogen and oxygen atoms in total. The molecule has 0 aliphatic carbocycles. The second-order valence-electron chi connectivity index (χ2n) is 7.66. The number of nitrogens with one attached hydrogen (secondary N) is 2. The van der Waals surface area contributed by atoms with Crippen molar-refractivity contribution in [2.75, 3.05) is 0 Å². The maximum Gasteiger partial charge on any atom is 0.271 e. The van der Waals surface area contributed by atoms with E-state index >= 15 is 0 Å². The fraction of sp³-hybridized carbons (Fsp3) is 0. The number of hydrazone groups is 2. The van der Waals surface area contributed by atoms with Crippen LogP contribution in [0.1, 0.15) is 31.8 Å². The SMILES string of the molecule is O=C(N/N=C/c1ccc(Cl)cc1)c1ccc(-c2ccc(C(=O)N/N=C/c3ccc(Cl)cc3)cc2)cc1. The molecular formula is C28H20Cl2N4O2. The molecule has 4 rings (SSSR count). The highest BCUT2D eigenvalue weighted by Crippen LogP contribution is 2.20. The van der Waals surface area contributed by atoms with Gasteiger partial charge < -0.3 is 0 Å². The summed E-state index contributed by atoms with van der Waals surface area (Å²) in [4.78, 5) is 24.7. The molecule has 8 heteroatoms. The van der Waals surface area contributed by atoms with Crippen LogP contribution in [-0.4, -0.2) is 24.2 Å². The van der Waals surface area contributed by atoms with Gasteiger partial charge in [-0.25, -0.2) is 10.9 Å². The number of hydrogen-bond acceptors (Lipinski definition) is 4. The topological polar surface area (TPSA) is 82.9 Å². The van der Waals surface area contributed by atoms with Crippen molar-refractivity contribution in [3.63, 3.8) is 0 Å². The number of carbonyl (C=O) groups is 2. The lowest BCUT2D eigenvalue weighted by atomic mass is 10.0. The number of rotatable bonds is 7. The fourth-order valence-electron chi connectivity index (χ4n) is 3.19. The average molecular weight is 515 g/mol. The molecule has 4 aromatic carbocycles. The molecule has 0 atom stereocenters. The van der Waals surface area contributed by atoms with Gasteiger partial charge in [0.1, 0.15) is 0 Å². The molecular weight excluding hydrogens is 495 g/mol. The third-order valence-electron chi connectivity index (χ3n) is 5.13. The number of hydrogen-bond donors (Lipinski definition) is 2. The first-order chi connectivity index (χ1) is 17.5. The second-order valence-corrected chi connectivity index (χ2v) is 8.53. The zero-order chi connectivity index (χ0) is 25.3. The summed E-state index contributed by atoms with van der Waals surface area (Å²) >= 11 is 11.7. The minimum Gasteiger partial charge on any atom is -0.267 e. The Morgan fingerprint density at radius 1 is 0.528 bits per heavy atom. The van der Waals surface area contributed by atoms with Crippen molar-refractivity contribution in [1.82, 2.24) is 10.9 Å². The highest BCUT2D eigenvalue weighted by Gasteiger charge is 2.07. The van der Waals surface area contributed by atoms with Gasteiger partial charge in [0.25, 0.3) is 11.8 Å². The van der Waals surface area contributed by atoms with Gasteiger partial charge in [0.15, 0.2) is 0 Å². The van der Waals surface area contributed by atoms with E-state index in [1.54, 1.807) is 85.2 Å². The van der Waals surface area contributed by atoms with Crippen LogP contribution in [0.3, 0.4) is 0 Å². The molecule has 178 valence electrons. The largest absolute Gasteiger partial charge is 0.271 e. The summed E-state index contributed by atoms with van der Waals surface area (Å²) < 4.78 is 0. The first-order valence-corrected chi connectivity index (χ1v) is 11.6. The molecule has 2 N–H and O–H groups in total. The number of benzene rings is 4. The van der Waals surface area contributed by atoms with Crippen LogP contribution in [0, 0.1) is 0 Å². The molecule has 0 saturated carbocycles. The highest BCUT2D eigenvalue weighted by atomic mass is 35.5. The molecule has 36 heavy (non-hydrogen) atoms. The van der Waals surface area contributed by atoms with E-state index in [1.165, 1.54) is 0 Å². The van der Waals surface area contributed by atoms with Crippen LogP contribution in [0.25, 0.3) is 11.1 Å². The first-order valence-electron chi connectivity index (χ1n) is 10.9. The minimum atomic E-state index is -0.321. The predicted molar refractivity (Wildman–Crippen MR) is 145 cm³/mol. The van der Waals surface area contributed by atoms with Gasteiger partial charge in [-0.05, 0) is 70.8 Å². The van der Waals surface area contributed by atoms with Gasteiger partial charge >= 0.3 is 0 Å². The Balaban J connectivity index is 1.32. The van der Waals surface area contributed by atoms with Crippen LogP contribution in [-0.2, 0) is 0 Å². The smallest absolute Gasteiger partial charge is 0.267 e. The normalized spacial score (nSPS) is 11.1. The van der Waals surface area contributed by atoms with Crippen molar-refractivity contribution < 1.29 is 9.59 Å². The summed E-state index contributed by atoms with van der Waals surface area (Å²) in [6.45, 7) is 0. The van der Waals surface area contributed by atoms with Crippen molar-refractivity contribution >= 4 is 47.4 Å². The lowest BCUT2D eigenvalue weighted by Crippen LogP contribution is -2.17.